The van der Waals surface area contributed by atoms with E-state index in [-0.39, 0.29) is 12.5 Å². The van der Waals surface area contributed by atoms with E-state index in [4.69, 9.17) is 4.74 Å². The van der Waals surface area contributed by atoms with Gasteiger partial charge in [-0.15, -0.1) is 14.8 Å². The standard InChI is InChI=1S/C16H18N5O2/c1-16(2,3)23-15(22)10-20-8-6-12(7-9-20)13-4-5-14-17-11-18-21(14)19-13/h4-9,11H,10H2,1-3H3/q+1. The van der Waals surface area contributed by atoms with Gasteiger partial charge in [0.2, 0.25) is 6.54 Å². The van der Waals surface area contributed by atoms with Crippen molar-refractivity contribution in [3.63, 3.8) is 0 Å². The molecule has 0 amide bonds. The lowest BCUT2D eigenvalue weighted by Crippen LogP contribution is -2.40. The summed E-state index contributed by atoms with van der Waals surface area (Å²) >= 11 is 0. The van der Waals surface area contributed by atoms with Crippen molar-refractivity contribution in [1.29, 1.82) is 0 Å². The largest absolute Gasteiger partial charge is 0.455 e. The van der Waals surface area contributed by atoms with Gasteiger partial charge in [-0.1, -0.05) is 0 Å². The number of fused-ring (bicyclic) bond motifs is 1. The third-order valence-electron chi connectivity index (χ3n) is 3.07. The van der Waals surface area contributed by atoms with Gasteiger partial charge < -0.3 is 4.74 Å². The second kappa shape index (κ2) is 5.75. The number of pyridine rings is 1. The van der Waals surface area contributed by atoms with Crippen molar-refractivity contribution in [2.24, 2.45) is 0 Å². The van der Waals surface area contributed by atoms with Crippen molar-refractivity contribution in [3.8, 4) is 11.3 Å². The van der Waals surface area contributed by atoms with Gasteiger partial charge in [0.25, 0.3) is 0 Å². The van der Waals surface area contributed by atoms with E-state index < -0.39 is 5.60 Å². The number of ether oxygens (including phenoxy) is 1. The summed E-state index contributed by atoms with van der Waals surface area (Å²) in [4.78, 5) is 15.9. The predicted molar refractivity (Wildman–Crippen MR) is 82.3 cm³/mol. The maximum atomic E-state index is 11.8. The van der Waals surface area contributed by atoms with E-state index >= 15 is 0 Å². The zero-order valence-electron chi connectivity index (χ0n) is 13.3. The van der Waals surface area contributed by atoms with Gasteiger partial charge in [-0.3, -0.25) is 0 Å². The van der Waals surface area contributed by atoms with E-state index in [9.17, 15) is 4.79 Å². The summed E-state index contributed by atoms with van der Waals surface area (Å²) in [5.41, 5.74) is 1.94. The fraction of sp³-hybridized carbons (Fsp3) is 0.312. The normalized spacial score (nSPS) is 11.6. The summed E-state index contributed by atoms with van der Waals surface area (Å²) in [6.45, 7) is 5.73. The number of aromatic nitrogens is 5. The molecule has 0 saturated heterocycles. The maximum absolute atomic E-state index is 11.8. The molecule has 0 radical (unpaired) electrons. The highest BCUT2D eigenvalue weighted by atomic mass is 16.6. The number of rotatable bonds is 3. The summed E-state index contributed by atoms with van der Waals surface area (Å²) in [6, 6.07) is 7.54. The molecule has 0 aliphatic carbocycles. The predicted octanol–water partition coefficient (Wildman–Crippen LogP) is 1.42. The molecule has 0 N–H and O–H groups in total. The number of hydrogen-bond donors (Lipinski definition) is 0. The Bertz CT molecular complexity index is 834. The summed E-state index contributed by atoms with van der Waals surface area (Å²) in [5, 5.41) is 8.41. The lowest BCUT2D eigenvalue weighted by Gasteiger charge is -2.18. The van der Waals surface area contributed by atoms with Crippen molar-refractivity contribution in [2.75, 3.05) is 0 Å². The summed E-state index contributed by atoms with van der Waals surface area (Å²) < 4.78 is 8.56. The second-order valence-corrected chi connectivity index (χ2v) is 6.17. The molecule has 3 heterocycles. The van der Waals surface area contributed by atoms with E-state index in [1.54, 1.807) is 4.57 Å². The van der Waals surface area contributed by atoms with E-state index in [1.165, 1.54) is 11.0 Å². The van der Waals surface area contributed by atoms with Gasteiger partial charge in [0.1, 0.15) is 11.9 Å². The molecule has 7 heteroatoms. The number of carbonyl (C=O) groups excluding carboxylic acids is 1. The smallest absolute Gasteiger partial charge is 0.373 e. The first kappa shape index (κ1) is 15.1. The van der Waals surface area contributed by atoms with Crippen LogP contribution in [-0.4, -0.2) is 31.4 Å². The third kappa shape index (κ3) is 3.68. The van der Waals surface area contributed by atoms with Crippen molar-refractivity contribution in [3.05, 3.63) is 43.0 Å². The van der Waals surface area contributed by atoms with E-state index in [1.807, 2.05) is 57.4 Å². The highest BCUT2D eigenvalue weighted by molar-refractivity contribution is 5.68. The molecule has 0 bridgehead atoms. The Morgan fingerprint density at radius 1 is 1.22 bits per heavy atom. The Balaban J connectivity index is 1.75. The Hall–Kier alpha value is -2.83. The highest BCUT2D eigenvalue weighted by Gasteiger charge is 2.19. The fourth-order valence-corrected chi connectivity index (χ4v) is 2.13. The van der Waals surface area contributed by atoms with Gasteiger partial charge in [0, 0.05) is 17.7 Å². The molecule has 118 valence electrons. The topological polar surface area (TPSA) is 73.3 Å². The number of hydrogen-bond acceptors (Lipinski definition) is 5. The highest BCUT2D eigenvalue weighted by Crippen LogP contribution is 2.14. The first-order chi connectivity index (χ1) is 10.9. The minimum Gasteiger partial charge on any atom is -0.455 e. The van der Waals surface area contributed by atoms with Crippen molar-refractivity contribution in [1.82, 2.24) is 19.8 Å². The summed E-state index contributed by atoms with van der Waals surface area (Å²) in [7, 11) is 0. The first-order valence-electron chi connectivity index (χ1n) is 7.29. The molecule has 0 atom stereocenters. The molecule has 0 aromatic carbocycles. The first-order valence-corrected chi connectivity index (χ1v) is 7.29. The molecule has 0 aliphatic rings. The Morgan fingerprint density at radius 2 is 1.96 bits per heavy atom. The molecule has 7 nitrogen and oxygen atoms in total. The third-order valence-corrected chi connectivity index (χ3v) is 3.07. The van der Waals surface area contributed by atoms with Gasteiger partial charge in [-0.25, -0.2) is 9.78 Å². The van der Waals surface area contributed by atoms with Gasteiger partial charge in [0.05, 0.1) is 5.69 Å². The second-order valence-electron chi connectivity index (χ2n) is 6.17. The maximum Gasteiger partial charge on any atom is 0.373 e. The van der Waals surface area contributed by atoms with Crippen LogP contribution in [-0.2, 0) is 16.1 Å². The number of carbonyl (C=O) groups is 1. The van der Waals surface area contributed by atoms with Crippen LogP contribution in [0.3, 0.4) is 0 Å². The molecule has 23 heavy (non-hydrogen) atoms. The van der Waals surface area contributed by atoms with Gasteiger partial charge in [0.15, 0.2) is 18.0 Å². The van der Waals surface area contributed by atoms with Crippen LogP contribution in [0.25, 0.3) is 16.9 Å². The van der Waals surface area contributed by atoms with Crippen LogP contribution >= 0.6 is 0 Å². The fourth-order valence-electron chi connectivity index (χ4n) is 2.13. The van der Waals surface area contributed by atoms with Crippen LogP contribution in [0.5, 0.6) is 0 Å². The van der Waals surface area contributed by atoms with Gasteiger partial charge in [-0.05, 0) is 32.9 Å². The lowest BCUT2D eigenvalue weighted by molar-refractivity contribution is -0.686. The summed E-state index contributed by atoms with van der Waals surface area (Å²) in [5.74, 6) is -0.266. The van der Waals surface area contributed by atoms with E-state index in [0.29, 0.717) is 5.65 Å². The van der Waals surface area contributed by atoms with Crippen LogP contribution in [0.4, 0.5) is 0 Å². The van der Waals surface area contributed by atoms with Crippen LogP contribution in [0.15, 0.2) is 43.0 Å². The molecule has 3 rings (SSSR count). The molecule has 0 aliphatic heterocycles. The Kier molecular flexibility index (Phi) is 3.77. The summed E-state index contributed by atoms with van der Waals surface area (Å²) in [6.07, 6.45) is 5.12. The van der Waals surface area contributed by atoms with Crippen molar-refractivity contribution >= 4 is 11.6 Å². The van der Waals surface area contributed by atoms with Crippen LogP contribution in [0.2, 0.25) is 0 Å². The average molecular weight is 312 g/mol. The molecule has 3 aromatic heterocycles. The minimum absolute atomic E-state index is 0.174. The average Bonchev–Trinajstić information content (AvgIpc) is 2.93. The monoisotopic (exact) mass is 312 g/mol. The quantitative estimate of drug-likeness (QED) is 0.540. The Morgan fingerprint density at radius 3 is 2.65 bits per heavy atom. The lowest BCUT2D eigenvalue weighted by atomic mass is 10.2. The molecule has 0 unspecified atom stereocenters. The van der Waals surface area contributed by atoms with Crippen LogP contribution < -0.4 is 4.57 Å². The van der Waals surface area contributed by atoms with Crippen LogP contribution in [0.1, 0.15) is 20.8 Å². The van der Waals surface area contributed by atoms with Crippen LogP contribution in [0, 0.1) is 0 Å². The SMILES string of the molecule is CC(C)(C)OC(=O)C[n+]1ccc(-c2ccc3ncnn3n2)cc1. The minimum atomic E-state index is -0.477. The van der Waals surface area contributed by atoms with Gasteiger partial charge in [-0.2, -0.15) is 4.57 Å². The molecule has 3 aromatic rings. The molecular formula is C16H18N5O2+. The zero-order valence-corrected chi connectivity index (χ0v) is 13.3. The van der Waals surface area contributed by atoms with E-state index in [0.717, 1.165) is 11.3 Å². The number of nitrogens with zero attached hydrogens (tertiary/aromatic N) is 5. The molecule has 0 spiro atoms. The van der Waals surface area contributed by atoms with Crippen molar-refractivity contribution in [2.45, 2.75) is 32.9 Å². The molecule has 0 fully saturated rings. The van der Waals surface area contributed by atoms with Crippen molar-refractivity contribution < 1.29 is 14.1 Å². The zero-order chi connectivity index (χ0) is 16.4. The van der Waals surface area contributed by atoms with E-state index in [2.05, 4.69) is 15.2 Å². The number of esters is 1. The molecular weight excluding hydrogens is 294 g/mol. The molecule has 0 saturated carbocycles. The van der Waals surface area contributed by atoms with Gasteiger partial charge >= 0.3 is 5.97 Å². The Labute approximate surface area is 133 Å².